The van der Waals surface area contributed by atoms with Gasteiger partial charge in [0, 0.05) is 31.0 Å². The number of aromatic nitrogens is 2. The highest BCUT2D eigenvalue weighted by atomic mass is 15.2. The summed E-state index contributed by atoms with van der Waals surface area (Å²) >= 11 is 0. The summed E-state index contributed by atoms with van der Waals surface area (Å²) in [7, 11) is 0. The Balaban J connectivity index is 1.58. The maximum absolute atomic E-state index is 6.05. The number of nitrogens with zero attached hydrogens (tertiary/aromatic N) is 3. The zero-order valence-electron chi connectivity index (χ0n) is 13.5. The fourth-order valence-corrected chi connectivity index (χ4v) is 4.00. The van der Waals surface area contributed by atoms with Gasteiger partial charge in [-0.25, -0.2) is 9.97 Å². The molecular weight excluding hydrogens is 272 g/mol. The number of piperidine rings is 1. The second kappa shape index (κ2) is 6.15. The Hall–Kier alpha value is -1.16. The highest BCUT2D eigenvalue weighted by Crippen LogP contribution is 2.44. The van der Waals surface area contributed by atoms with Crippen LogP contribution in [0, 0.1) is 0 Å². The molecule has 1 aliphatic heterocycles. The van der Waals surface area contributed by atoms with E-state index >= 15 is 0 Å². The van der Waals surface area contributed by atoms with E-state index < -0.39 is 0 Å². The van der Waals surface area contributed by atoms with E-state index in [0.717, 1.165) is 31.8 Å². The number of hydrogen-bond donors (Lipinski definition) is 1. The minimum absolute atomic E-state index is 0.378. The highest BCUT2D eigenvalue weighted by molar-refractivity contribution is 5.52. The SMILES string of the molecule is NC1CCN(c2cnc(C3CCCCC3)nc2C2CC2)CC1. The lowest BCUT2D eigenvalue weighted by molar-refractivity contribution is 0.427. The first-order valence-electron chi connectivity index (χ1n) is 9.18. The summed E-state index contributed by atoms with van der Waals surface area (Å²) in [5.41, 5.74) is 8.69. The van der Waals surface area contributed by atoms with Crippen LogP contribution in [0.2, 0.25) is 0 Å². The predicted octanol–water partition coefficient (Wildman–Crippen LogP) is 3.33. The topological polar surface area (TPSA) is 55.0 Å². The first kappa shape index (κ1) is 14.4. The molecule has 0 spiro atoms. The van der Waals surface area contributed by atoms with Crippen molar-refractivity contribution in [3.05, 3.63) is 17.7 Å². The predicted molar refractivity (Wildman–Crippen MR) is 89.3 cm³/mol. The van der Waals surface area contributed by atoms with E-state index in [2.05, 4.69) is 11.1 Å². The fraction of sp³-hybridized carbons (Fsp3) is 0.778. The molecule has 1 aromatic rings. The first-order valence-corrected chi connectivity index (χ1v) is 9.18. The second-order valence-electron chi connectivity index (χ2n) is 7.43. The van der Waals surface area contributed by atoms with E-state index in [1.807, 2.05) is 0 Å². The van der Waals surface area contributed by atoms with Crippen molar-refractivity contribution in [1.29, 1.82) is 0 Å². The standard InChI is InChI=1S/C18H28N4/c19-15-8-10-22(11-9-15)16-12-20-18(14-4-2-1-3-5-14)21-17(16)13-6-7-13/h12-15H,1-11,19H2. The normalized spacial score (nSPS) is 24.7. The summed E-state index contributed by atoms with van der Waals surface area (Å²) in [5, 5.41) is 0. The van der Waals surface area contributed by atoms with Crippen LogP contribution >= 0.6 is 0 Å². The van der Waals surface area contributed by atoms with E-state index in [9.17, 15) is 0 Å². The van der Waals surface area contributed by atoms with Gasteiger partial charge in [-0.3, -0.25) is 0 Å². The molecule has 0 bridgehead atoms. The molecule has 1 aromatic heterocycles. The molecular formula is C18H28N4. The van der Waals surface area contributed by atoms with Gasteiger partial charge in [0.25, 0.3) is 0 Å². The average Bonchev–Trinajstić information content (AvgIpc) is 3.41. The van der Waals surface area contributed by atoms with Gasteiger partial charge in [0.05, 0.1) is 17.6 Å². The maximum Gasteiger partial charge on any atom is 0.131 e. The Morgan fingerprint density at radius 3 is 2.32 bits per heavy atom. The van der Waals surface area contributed by atoms with Gasteiger partial charge in [0.2, 0.25) is 0 Å². The third kappa shape index (κ3) is 2.98. The Kier molecular flexibility index (Phi) is 4.03. The zero-order valence-corrected chi connectivity index (χ0v) is 13.5. The van der Waals surface area contributed by atoms with Gasteiger partial charge in [-0.2, -0.15) is 0 Å². The van der Waals surface area contributed by atoms with Crippen molar-refractivity contribution in [2.24, 2.45) is 5.73 Å². The molecule has 0 aromatic carbocycles. The molecule has 2 heterocycles. The maximum atomic E-state index is 6.05. The van der Waals surface area contributed by atoms with Crippen LogP contribution < -0.4 is 10.6 Å². The third-order valence-corrected chi connectivity index (χ3v) is 5.63. The van der Waals surface area contributed by atoms with E-state index in [1.165, 1.54) is 56.3 Å². The van der Waals surface area contributed by atoms with Gasteiger partial charge in [-0.1, -0.05) is 19.3 Å². The lowest BCUT2D eigenvalue weighted by atomic mass is 9.88. The van der Waals surface area contributed by atoms with Crippen LogP contribution in [0.25, 0.3) is 0 Å². The summed E-state index contributed by atoms with van der Waals surface area (Å²) in [5.74, 6) is 2.42. The molecule has 3 fully saturated rings. The lowest BCUT2D eigenvalue weighted by Crippen LogP contribution is -2.40. The van der Waals surface area contributed by atoms with Crippen molar-refractivity contribution in [2.45, 2.75) is 75.7 Å². The number of hydrogen-bond acceptors (Lipinski definition) is 4. The Morgan fingerprint density at radius 2 is 1.64 bits per heavy atom. The molecule has 2 N–H and O–H groups in total. The Labute approximate surface area is 133 Å². The molecule has 120 valence electrons. The van der Waals surface area contributed by atoms with Crippen LogP contribution in [0.5, 0.6) is 0 Å². The summed E-state index contributed by atoms with van der Waals surface area (Å²) in [6.07, 6.45) is 13.6. The van der Waals surface area contributed by atoms with E-state index in [0.29, 0.717) is 17.9 Å². The van der Waals surface area contributed by atoms with Gasteiger partial charge in [0.1, 0.15) is 5.82 Å². The van der Waals surface area contributed by atoms with Gasteiger partial charge >= 0.3 is 0 Å². The van der Waals surface area contributed by atoms with Crippen LogP contribution in [0.3, 0.4) is 0 Å². The first-order chi connectivity index (χ1) is 10.8. The quantitative estimate of drug-likeness (QED) is 0.930. The molecule has 1 saturated heterocycles. The van der Waals surface area contributed by atoms with Crippen molar-refractivity contribution >= 4 is 5.69 Å². The molecule has 4 rings (SSSR count). The minimum atomic E-state index is 0.378. The average molecular weight is 300 g/mol. The molecule has 2 aliphatic carbocycles. The van der Waals surface area contributed by atoms with Gasteiger partial charge < -0.3 is 10.6 Å². The Bertz CT molecular complexity index is 512. The molecule has 22 heavy (non-hydrogen) atoms. The lowest BCUT2D eigenvalue weighted by Gasteiger charge is -2.33. The molecule has 4 heteroatoms. The molecule has 0 unspecified atom stereocenters. The second-order valence-corrected chi connectivity index (χ2v) is 7.43. The molecule has 0 radical (unpaired) electrons. The highest BCUT2D eigenvalue weighted by Gasteiger charge is 2.32. The van der Waals surface area contributed by atoms with Crippen molar-refractivity contribution < 1.29 is 0 Å². The van der Waals surface area contributed by atoms with Crippen LogP contribution in [0.1, 0.15) is 81.1 Å². The summed E-state index contributed by atoms with van der Waals surface area (Å²) in [6, 6.07) is 0.378. The molecule has 0 atom stereocenters. The summed E-state index contributed by atoms with van der Waals surface area (Å²) < 4.78 is 0. The van der Waals surface area contributed by atoms with Crippen molar-refractivity contribution in [3.63, 3.8) is 0 Å². The zero-order chi connectivity index (χ0) is 14.9. The number of anilines is 1. The van der Waals surface area contributed by atoms with Crippen LogP contribution in [0.4, 0.5) is 5.69 Å². The van der Waals surface area contributed by atoms with Gasteiger partial charge in [0.15, 0.2) is 0 Å². The third-order valence-electron chi connectivity index (χ3n) is 5.63. The van der Waals surface area contributed by atoms with Gasteiger partial charge in [-0.15, -0.1) is 0 Å². The van der Waals surface area contributed by atoms with Crippen LogP contribution in [-0.4, -0.2) is 29.1 Å². The summed E-state index contributed by atoms with van der Waals surface area (Å²) in [6.45, 7) is 2.13. The number of rotatable bonds is 3. The summed E-state index contributed by atoms with van der Waals surface area (Å²) in [4.78, 5) is 12.3. The monoisotopic (exact) mass is 300 g/mol. The van der Waals surface area contributed by atoms with Gasteiger partial charge in [-0.05, 0) is 38.5 Å². The molecule has 0 amide bonds. The van der Waals surface area contributed by atoms with E-state index in [-0.39, 0.29) is 0 Å². The Morgan fingerprint density at radius 1 is 0.909 bits per heavy atom. The van der Waals surface area contributed by atoms with E-state index in [1.54, 1.807) is 0 Å². The smallest absolute Gasteiger partial charge is 0.131 e. The van der Waals surface area contributed by atoms with Crippen molar-refractivity contribution in [2.75, 3.05) is 18.0 Å². The van der Waals surface area contributed by atoms with Crippen LogP contribution in [0.15, 0.2) is 6.20 Å². The minimum Gasteiger partial charge on any atom is -0.369 e. The largest absolute Gasteiger partial charge is 0.369 e. The van der Waals surface area contributed by atoms with Crippen LogP contribution in [-0.2, 0) is 0 Å². The fourth-order valence-electron chi connectivity index (χ4n) is 4.00. The molecule has 2 saturated carbocycles. The van der Waals surface area contributed by atoms with E-state index in [4.69, 9.17) is 15.7 Å². The molecule has 3 aliphatic rings. The van der Waals surface area contributed by atoms with Crippen molar-refractivity contribution in [3.8, 4) is 0 Å². The molecule has 4 nitrogen and oxygen atoms in total. The number of nitrogens with two attached hydrogens (primary N) is 1. The van der Waals surface area contributed by atoms with Crippen molar-refractivity contribution in [1.82, 2.24) is 9.97 Å².